The predicted molar refractivity (Wildman–Crippen MR) is 56.3 cm³/mol. The standard InChI is InChI=1S/C11H14F3NO/c1-2-3-6-16-10-5-4-8(15)7-9(10)11(12,13)14/h4-5,7H,2-3,6,15H2,1H3. The fraction of sp³-hybridized carbons (Fsp3) is 0.455. The van der Waals surface area contributed by atoms with Gasteiger partial charge in [0.2, 0.25) is 0 Å². The van der Waals surface area contributed by atoms with Crippen LogP contribution >= 0.6 is 0 Å². The number of benzene rings is 1. The molecule has 0 saturated carbocycles. The van der Waals surface area contributed by atoms with Gasteiger partial charge in [-0.2, -0.15) is 13.2 Å². The second-order valence-corrected chi connectivity index (χ2v) is 3.46. The third-order valence-corrected chi connectivity index (χ3v) is 2.06. The zero-order valence-corrected chi connectivity index (χ0v) is 8.97. The van der Waals surface area contributed by atoms with Crippen molar-refractivity contribution in [2.45, 2.75) is 25.9 Å². The molecule has 5 heteroatoms. The molecular weight excluding hydrogens is 219 g/mol. The Morgan fingerprint density at radius 3 is 2.56 bits per heavy atom. The van der Waals surface area contributed by atoms with Crippen molar-refractivity contribution < 1.29 is 17.9 Å². The largest absolute Gasteiger partial charge is 0.493 e. The van der Waals surface area contributed by atoms with E-state index in [4.69, 9.17) is 10.5 Å². The van der Waals surface area contributed by atoms with Gasteiger partial charge in [-0.05, 0) is 24.6 Å². The first kappa shape index (κ1) is 12.7. The summed E-state index contributed by atoms with van der Waals surface area (Å²) in [6.45, 7) is 2.22. The number of rotatable bonds is 4. The molecule has 0 amide bonds. The number of hydrogen-bond acceptors (Lipinski definition) is 2. The number of nitrogens with two attached hydrogens (primary N) is 1. The van der Waals surface area contributed by atoms with E-state index in [9.17, 15) is 13.2 Å². The summed E-state index contributed by atoms with van der Waals surface area (Å²) in [6, 6.07) is 3.55. The Kier molecular flexibility index (Phi) is 4.04. The average molecular weight is 233 g/mol. The molecule has 90 valence electrons. The van der Waals surface area contributed by atoms with Crippen molar-refractivity contribution in [1.29, 1.82) is 0 Å². The summed E-state index contributed by atoms with van der Waals surface area (Å²) < 4.78 is 42.9. The Bertz CT molecular complexity index is 350. The first-order valence-corrected chi connectivity index (χ1v) is 5.04. The Labute approximate surface area is 92.2 Å². The molecule has 0 aliphatic rings. The van der Waals surface area contributed by atoms with Gasteiger partial charge in [-0.15, -0.1) is 0 Å². The second kappa shape index (κ2) is 5.09. The zero-order chi connectivity index (χ0) is 12.2. The fourth-order valence-corrected chi connectivity index (χ4v) is 1.22. The molecule has 0 atom stereocenters. The van der Waals surface area contributed by atoms with Crippen LogP contribution in [0.25, 0.3) is 0 Å². The van der Waals surface area contributed by atoms with Crippen molar-refractivity contribution in [2.75, 3.05) is 12.3 Å². The van der Waals surface area contributed by atoms with E-state index in [1.807, 2.05) is 6.92 Å². The molecular formula is C11H14F3NO. The van der Waals surface area contributed by atoms with E-state index >= 15 is 0 Å². The van der Waals surface area contributed by atoms with E-state index in [-0.39, 0.29) is 18.0 Å². The van der Waals surface area contributed by atoms with Gasteiger partial charge in [0, 0.05) is 5.69 Å². The van der Waals surface area contributed by atoms with Crippen molar-refractivity contribution in [2.24, 2.45) is 0 Å². The summed E-state index contributed by atoms with van der Waals surface area (Å²) in [5.41, 5.74) is 4.59. The summed E-state index contributed by atoms with van der Waals surface area (Å²) in [5.74, 6) is -0.157. The molecule has 2 nitrogen and oxygen atoms in total. The molecule has 16 heavy (non-hydrogen) atoms. The number of nitrogen functional groups attached to an aromatic ring is 1. The van der Waals surface area contributed by atoms with Gasteiger partial charge in [0.1, 0.15) is 5.75 Å². The maximum atomic E-state index is 12.6. The Hall–Kier alpha value is -1.39. The number of alkyl halides is 3. The molecule has 0 aromatic heterocycles. The van der Waals surface area contributed by atoms with Crippen LogP contribution in [0.5, 0.6) is 5.75 Å². The van der Waals surface area contributed by atoms with Crippen molar-refractivity contribution >= 4 is 5.69 Å². The average Bonchev–Trinajstić information content (AvgIpc) is 2.19. The molecule has 1 aromatic rings. The second-order valence-electron chi connectivity index (χ2n) is 3.46. The molecule has 0 heterocycles. The van der Waals surface area contributed by atoms with Gasteiger partial charge in [-0.1, -0.05) is 13.3 Å². The molecule has 0 fully saturated rings. The normalized spacial score (nSPS) is 11.5. The summed E-state index contributed by atoms with van der Waals surface area (Å²) in [5, 5.41) is 0. The van der Waals surface area contributed by atoms with Gasteiger partial charge < -0.3 is 10.5 Å². The minimum absolute atomic E-state index is 0.0789. The van der Waals surface area contributed by atoms with Crippen LogP contribution in [-0.2, 0) is 6.18 Å². The van der Waals surface area contributed by atoms with E-state index in [1.165, 1.54) is 12.1 Å². The quantitative estimate of drug-likeness (QED) is 0.638. The Morgan fingerprint density at radius 1 is 1.31 bits per heavy atom. The van der Waals surface area contributed by atoms with Crippen molar-refractivity contribution in [3.63, 3.8) is 0 Å². The summed E-state index contributed by atoms with van der Waals surface area (Å²) in [4.78, 5) is 0. The molecule has 0 spiro atoms. The highest BCUT2D eigenvalue weighted by Crippen LogP contribution is 2.37. The topological polar surface area (TPSA) is 35.2 Å². The molecule has 0 aliphatic heterocycles. The molecule has 0 unspecified atom stereocenters. The first-order valence-electron chi connectivity index (χ1n) is 5.04. The molecule has 0 bridgehead atoms. The monoisotopic (exact) mass is 233 g/mol. The van der Waals surface area contributed by atoms with E-state index in [0.29, 0.717) is 0 Å². The van der Waals surface area contributed by atoms with Crippen LogP contribution in [0.4, 0.5) is 18.9 Å². The van der Waals surface area contributed by atoms with Crippen LogP contribution < -0.4 is 10.5 Å². The van der Waals surface area contributed by atoms with Crippen molar-refractivity contribution in [3.05, 3.63) is 23.8 Å². The minimum atomic E-state index is -4.43. The highest BCUT2D eigenvalue weighted by atomic mass is 19.4. The lowest BCUT2D eigenvalue weighted by Crippen LogP contribution is -2.10. The number of halogens is 3. The van der Waals surface area contributed by atoms with E-state index in [2.05, 4.69) is 0 Å². The van der Waals surface area contributed by atoms with Crippen LogP contribution in [-0.4, -0.2) is 6.61 Å². The van der Waals surface area contributed by atoms with Crippen LogP contribution in [0.2, 0.25) is 0 Å². The van der Waals surface area contributed by atoms with Crippen LogP contribution in [0, 0.1) is 0 Å². The molecule has 2 N–H and O–H groups in total. The lowest BCUT2D eigenvalue weighted by molar-refractivity contribution is -0.138. The smallest absolute Gasteiger partial charge is 0.420 e. The van der Waals surface area contributed by atoms with Gasteiger partial charge in [-0.3, -0.25) is 0 Å². The molecule has 0 saturated heterocycles. The zero-order valence-electron chi connectivity index (χ0n) is 8.97. The molecule has 1 rings (SSSR count). The molecule has 0 aliphatic carbocycles. The lowest BCUT2D eigenvalue weighted by Gasteiger charge is -2.14. The number of ether oxygens (including phenoxy) is 1. The van der Waals surface area contributed by atoms with E-state index < -0.39 is 11.7 Å². The van der Waals surface area contributed by atoms with Crippen LogP contribution in [0.3, 0.4) is 0 Å². The van der Waals surface area contributed by atoms with Crippen LogP contribution in [0.1, 0.15) is 25.3 Å². The third-order valence-electron chi connectivity index (χ3n) is 2.06. The van der Waals surface area contributed by atoms with E-state index in [0.717, 1.165) is 18.9 Å². The highest BCUT2D eigenvalue weighted by Gasteiger charge is 2.34. The first-order chi connectivity index (χ1) is 7.45. The summed E-state index contributed by atoms with van der Waals surface area (Å²) in [7, 11) is 0. The van der Waals surface area contributed by atoms with Gasteiger partial charge in [-0.25, -0.2) is 0 Å². The van der Waals surface area contributed by atoms with Crippen molar-refractivity contribution in [1.82, 2.24) is 0 Å². The number of unbranched alkanes of at least 4 members (excludes halogenated alkanes) is 1. The predicted octanol–water partition coefficient (Wildman–Crippen LogP) is 3.47. The SMILES string of the molecule is CCCCOc1ccc(N)cc1C(F)(F)F. The van der Waals surface area contributed by atoms with Gasteiger partial charge in [0.25, 0.3) is 0 Å². The van der Waals surface area contributed by atoms with Crippen LogP contribution in [0.15, 0.2) is 18.2 Å². The lowest BCUT2D eigenvalue weighted by atomic mass is 10.1. The molecule has 0 radical (unpaired) electrons. The number of hydrogen-bond donors (Lipinski definition) is 1. The minimum Gasteiger partial charge on any atom is -0.493 e. The Morgan fingerprint density at radius 2 is 2.00 bits per heavy atom. The van der Waals surface area contributed by atoms with Crippen molar-refractivity contribution in [3.8, 4) is 5.75 Å². The summed E-state index contributed by atoms with van der Waals surface area (Å²) in [6.07, 6.45) is -2.84. The third kappa shape index (κ3) is 3.32. The van der Waals surface area contributed by atoms with E-state index in [1.54, 1.807) is 0 Å². The van der Waals surface area contributed by atoms with Gasteiger partial charge >= 0.3 is 6.18 Å². The highest BCUT2D eigenvalue weighted by molar-refractivity contribution is 5.49. The van der Waals surface area contributed by atoms with Gasteiger partial charge in [0.05, 0.1) is 12.2 Å². The molecule has 1 aromatic carbocycles. The number of anilines is 1. The Balaban J connectivity index is 2.90. The maximum absolute atomic E-state index is 12.6. The van der Waals surface area contributed by atoms with Gasteiger partial charge in [0.15, 0.2) is 0 Å². The summed E-state index contributed by atoms with van der Waals surface area (Å²) >= 11 is 0. The fourth-order valence-electron chi connectivity index (χ4n) is 1.22. The maximum Gasteiger partial charge on any atom is 0.420 e.